The highest BCUT2D eigenvalue weighted by atomic mass is 16.5. The van der Waals surface area contributed by atoms with Gasteiger partial charge in [-0.2, -0.15) is 0 Å². The molecule has 0 spiro atoms. The molecule has 1 saturated carbocycles. The molecule has 2 aliphatic heterocycles. The average Bonchev–Trinajstić information content (AvgIpc) is 3.81. The molecule has 0 bridgehead atoms. The van der Waals surface area contributed by atoms with Gasteiger partial charge in [-0.15, -0.1) is 0 Å². The van der Waals surface area contributed by atoms with E-state index in [1.54, 1.807) is 4.90 Å². The smallest absolute Gasteiger partial charge is 0.321 e. The summed E-state index contributed by atoms with van der Waals surface area (Å²) in [5.41, 5.74) is 3.79. The molecule has 3 aromatic carbocycles. The fourth-order valence-electron chi connectivity index (χ4n) is 6.04. The Morgan fingerprint density at radius 3 is 2.20 bits per heavy atom. The maximum absolute atomic E-state index is 13.4. The normalized spacial score (nSPS) is 25.9. The standard InChI is InChI=1S/C34H37N3O4/c1-2-29-33(25-12-10-24(11-13-25)9-8-23-6-4-3-5-7-23)30-20-36(21-31(38)32(39)22-37(29)30)34(40)35-26-14-16-27(17-15-26)41-28-18-19-28/h3-7,10-17,28-33,38-39H,2,18-22H2,1H3,(H,35,40)/t29-,30+,31-,32+,33-/m1/s1. The van der Waals surface area contributed by atoms with Crippen LogP contribution in [0.5, 0.6) is 5.75 Å². The molecule has 3 fully saturated rings. The Kier molecular flexibility index (Phi) is 7.97. The van der Waals surface area contributed by atoms with E-state index >= 15 is 0 Å². The predicted molar refractivity (Wildman–Crippen MR) is 159 cm³/mol. The number of urea groups is 1. The number of hydrogen-bond donors (Lipinski definition) is 3. The number of carbonyl (C=O) groups is 1. The van der Waals surface area contributed by atoms with E-state index in [9.17, 15) is 15.0 Å². The largest absolute Gasteiger partial charge is 0.490 e. The van der Waals surface area contributed by atoms with Gasteiger partial charge in [0.05, 0.1) is 24.9 Å². The van der Waals surface area contributed by atoms with Crippen LogP contribution in [0.2, 0.25) is 0 Å². The van der Waals surface area contributed by atoms with Crippen LogP contribution < -0.4 is 10.1 Å². The van der Waals surface area contributed by atoms with E-state index in [0.717, 1.165) is 36.1 Å². The molecule has 0 radical (unpaired) electrons. The Balaban J connectivity index is 1.18. The monoisotopic (exact) mass is 551 g/mol. The topological polar surface area (TPSA) is 85.3 Å². The predicted octanol–water partition coefficient (Wildman–Crippen LogP) is 4.44. The highest BCUT2D eigenvalue weighted by Crippen LogP contribution is 2.43. The van der Waals surface area contributed by atoms with Crippen molar-refractivity contribution in [1.82, 2.24) is 9.80 Å². The second kappa shape index (κ2) is 12.0. The summed E-state index contributed by atoms with van der Waals surface area (Å²) in [4.78, 5) is 17.3. The molecule has 41 heavy (non-hydrogen) atoms. The number of amides is 2. The molecular formula is C34H37N3O4. The molecule has 6 rings (SSSR count). The molecule has 0 aromatic heterocycles. The summed E-state index contributed by atoms with van der Waals surface area (Å²) in [5.74, 6) is 7.45. The number of rotatable bonds is 5. The summed E-state index contributed by atoms with van der Waals surface area (Å²) in [5, 5.41) is 24.5. The molecule has 3 aromatic rings. The quantitative estimate of drug-likeness (QED) is 0.408. The highest BCUT2D eigenvalue weighted by molar-refractivity contribution is 5.89. The van der Waals surface area contributed by atoms with Crippen LogP contribution in [0.15, 0.2) is 78.9 Å². The zero-order chi connectivity index (χ0) is 28.3. The van der Waals surface area contributed by atoms with Gasteiger partial charge in [-0.3, -0.25) is 4.90 Å². The lowest BCUT2D eigenvalue weighted by Gasteiger charge is -2.58. The number of carbonyl (C=O) groups excluding carboxylic acids is 1. The molecule has 7 nitrogen and oxygen atoms in total. The second-order valence-electron chi connectivity index (χ2n) is 11.3. The van der Waals surface area contributed by atoms with Crippen LogP contribution in [0.1, 0.15) is 48.8 Å². The van der Waals surface area contributed by atoms with E-state index in [0.29, 0.717) is 24.9 Å². The van der Waals surface area contributed by atoms with E-state index in [-0.39, 0.29) is 30.6 Å². The van der Waals surface area contributed by atoms with Crippen LogP contribution in [0.3, 0.4) is 0 Å². The van der Waals surface area contributed by atoms with Crippen molar-refractivity contribution in [2.75, 3.05) is 25.0 Å². The Morgan fingerprint density at radius 2 is 1.54 bits per heavy atom. The number of hydrogen-bond acceptors (Lipinski definition) is 5. The fraction of sp³-hybridized carbons (Fsp3) is 0.382. The van der Waals surface area contributed by atoms with Crippen molar-refractivity contribution in [3.63, 3.8) is 0 Å². The van der Waals surface area contributed by atoms with Gasteiger partial charge in [0, 0.05) is 47.9 Å². The number of aliphatic hydroxyl groups excluding tert-OH is 2. The number of anilines is 1. The van der Waals surface area contributed by atoms with Crippen molar-refractivity contribution < 1.29 is 19.7 Å². The average molecular weight is 552 g/mol. The third-order valence-electron chi connectivity index (χ3n) is 8.40. The van der Waals surface area contributed by atoms with Gasteiger partial charge in [-0.05, 0) is 73.4 Å². The molecular weight excluding hydrogens is 514 g/mol. The van der Waals surface area contributed by atoms with Gasteiger partial charge >= 0.3 is 6.03 Å². The maximum atomic E-state index is 13.4. The first-order valence-electron chi connectivity index (χ1n) is 14.6. The lowest BCUT2D eigenvalue weighted by Crippen LogP contribution is -2.69. The summed E-state index contributed by atoms with van der Waals surface area (Å²) < 4.78 is 5.81. The van der Waals surface area contributed by atoms with Crippen LogP contribution in [0, 0.1) is 11.8 Å². The molecule has 7 heteroatoms. The highest BCUT2D eigenvalue weighted by Gasteiger charge is 2.51. The second-order valence-corrected chi connectivity index (χ2v) is 11.3. The Hall–Kier alpha value is -3.83. The minimum Gasteiger partial charge on any atom is -0.490 e. The van der Waals surface area contributed by atoms with Crippen molar-refractivity contribution in [3.8, 4) is 17.6 Å². The van der Waals surface area contributed by atoms with E-state index in [4.69, 9.17) is 4.74 Å². The lowest BCUT2D eigenvalue weighted by molar-refractivity contribution is -0.102. The molecule has 2 heterocycles. The van der Waals surface area contributed by atoms with Crippen molar-refractivity contribution >= 4 is 11.7 Å². The van der Waals surface area contributed by atoms with Crippen molar-refractivity contribution in [1.29, 1.82) is 0 Å². The number of ether oxygens (including phenoxy) is 1. The number of aliphatic hydroxyl groups is 2. The number of benzene rings is 3. The summed E-state index contributed by atoms with van der Waals surface area (Å²) in [6.07, 6.45) is 1.44. The van der Waals surface area contributed by atoms with Crippen LogP contribution in [-0.2, 0) is 0 Å². The molecule has 1 aliphatic carbocycles. The van der Waals surface area contributed by atoms with E-state index in [1.165, 1.54) is 5.56 Å². The van der Waals surface area contributed by atoms with Crippen molar-refractivity contribution in [2.24, 2.45) is 0 Å². The maximum Gasteiger partial charge on any atom is 0.321 e. The summed E-state index contributed by atoms with van der Waals surface area (Å²) >= 11 is 0. The van der Waals surface area contributed by atoms with Gasteiger partial charge in [-0.1, -0.05) is 49.1 Å². The van der Waals surface area contributed by atoms with E-state index in [1.807, 2.05) is 54.6 Å². The third-order valence-corrected chi connectivity index (χ3v) is 8.40. The fourth-order valence-corrected chi connectivity index (χ4v) is 6.04. The van der Waals surface area contributed by atoms with Crippen molar-refractivity contribution in [2.45, 2.75) is 62.5 Å². The summed E-state index contributed by atoms with van der Waals surface area (Å²) in [6.45, 7) is 3.06. The minimum atomic E-state index is -1.02. The SMILES string of the molecule is CC[C@@H]1[C@@H](c2ccc(C#Cc3ccccc3)cc2)[C@@H]2CN(C(=O)Nc3ccc(OC4CC4)cc3)C[C@@H](O)[C@@H](O)CN12. The van der Waals surface area contributed by atoms with Gasteiger partial charge in [0.25, 0.3) is 0 Å². The zero-order valence-corrected chi connectivity index (χ0v) is 23.3. The van der Waals surface area contributed by atoms with E-state index < -0.39 is 12.2 Å². The van der Waals surface area contributed by atoms with Gasteiger partial charge in [-0.25, -0.2) is 4.79 Å². The first-order chi connectivity index (χ1) is 20.0. The van der Waals surface area contributed by atoms with Crippen LogP contribution >= 0.6 is 0 Å². The van der Waals surface area contributed by atoms with Crippen LogP contribution in [0.25, 0.3) is 0 Å². The Labute approximate surface area is 241 Å². The lowest BCUT2D eigenvalue weighted by atomic mass is 9.72. The number of fused-ring (bicyclic) bond motifs is 1. The third kappa shape index (κ3) is 6.25. The Morgan fingerprint density at radius 1 is 0.878 bits per heavy atom. The Bertz CT molecular complexity index is 1400. The number of nitrogens with one attached hydrogen (secondary N) is 1. The van der Waals surface area contributed by atoms with Gasteiger partial charge in [0.2, 0.25) is 0 Å². The van der Waals surface area contributed by atoms with Gasteiger partial charge in [0.1, 0.15) is 5.75 Å². The molecule has 2 saturated heterocycles. The minimum absolute atomic E-state index is 0.0309. The van der Waals surface area contributed by atoms with Crippen LogP contribution in [0.4, 0.5) is 10.5 Å². The first-order valence-corrected chi connectivity index (χ1v) is 14.6. The number of nitrogens with zero attached hydrogens (tertiary/aromatic N) is 2. The van der Waals surface area contributed by atoms with Gasteiger partial charge in [0.15, 0.2) is 0 Å². The molecule has 3 N–H and O–H groups in total. The summed E-state index contributed by atoms with van der Waals surface area (Å²) in [6, 6.07) is 25.7. The summed E-state index contributed by atoms with van der Waals surface area (Å²) in [7, 11) is 0. The number of β-amino-alcohol motifs (C(OH)–C–C–N with tert-alkyl or cyclic N) is 1. The molecule has 0 unspecified atom stereocenters. The van der Waals surface area contributed by atoms with E-state index in [2.05, 4.69) is 53.2 Å². The van der Waals surface area contributed by atoms with Crippen LogP contribution in [-0.4, -0.2) is 76.1 Å². The zero-order valence-electron chi connectivity index (χ0n) is 23.3. The van der Waals surface area contributed by atoms with Gasteiger partial charge < -0.3 is 25.2 Å². The van der Waals surface area contributed by atoms with Crippen molar-refractivity contribution in [3.05, 3.63) is 95.6 Å². The molecule has 3 aliphatic rings. The molecule has 5 atom stereocenters. The molecule has 212 valence electrons. The first kappa shape index (κ1) is 27.3. The molecule has 2 amide bonds.